The Kier molecular flexibility index (Phi) is 3.88. The fourth-order valence-corrected chi connectivity index (χ4v) is 3.55. The second kappa shape index (κ2) is 6.20. The van der Waals surface area contributed by atoms with Crippen molar-refractivity contribution in [2.75, 3.05) is 6.54 Å². The van der Waals surface area contributed by atoms with Gasteiger partial charge in [-0.3, -0.25) is 4.79 Å². The van der Waals surface area contributed by atoms with Gasteiger partial charge in [-0.1, -0.05) is 29.8 Å². The molecule has 25 heavy (non-hydrogen) atoms. The van der Waals surface area contributed by atoms with E-state index in [1.54, 1.807) is 12.1 Å². The van der Waals surface area contributed by atoms with E-state index < -0.39 is 0 Å². The minimum Gasteiger partial charge on any atom is -0.348 e. The number of hydrogen-bond acceptors (Lipinski definition) is 1. The number of amides is 1. The van der Waals surface area contributed by atoms with Gasteiger partial charge in [-0.25, -0.2) is 4.39 Å². The van der Waals surface area contributed by atoms with Crippen LogP contribution in [0.1, 0.15) is 33.2 Å². The predicted octanol–water partition coefficient (Wildman–Crippen LogP) is 4.18. The van der Waals surface area contributed by atoms with Crippen LogP contribution in [0.15, 0.2) is 66.9 Å². The van der Waals surface area contributed by atoms with Crippen LogP contribution < -0.4 is 0 Å². The van der Waals surface area contributed by atoms with Gasteiger partial charge in [0.2, 0.25) is 0 Å². The van der Waals surface area contributed by atoms with E-state index in [4.69, 9.17) is 0 Å². The summed E-state index contributed by atoms with van der Waals surface area (Å²) in [6.07, 6.45) is 2.05. The van der Waals surface area contributed by atoms with Crippen LogP contribution in [-0.2, 0) is 6.54 Å². The summed E-state index contributed by atoms with van der Waals surface area (Å²) in [5.74, 6) is -0.404. The smallest absolute Gasteiger partial charge is 0.254 e. The minimum absolute atomic E-state index is 0.0704. The van der Waals surface area contributed by atoms with Crippen LogP contribution in [-0.4, -0.2) is 21.9 Å². The van der Waals surface area contributed by atoms with Crippen molar-refractivity contribution in [2.24, 2.45) is 0 Å². The van der Waals surface area contributed by atoms with Crippen molar-refractivity contribution in [3.8, 4) is 0 Å². The molecule has 0 aliphatic carbocycles. The third-order valence-electron chi connectivity index (χ3n) is 4.75. The van der Waals surface area contributed by atoms with Crippen LogP contribution in [0.5, 0.6) is 0 Å². The summed E-state index contributed by atoms with van der Waals surface area (Å²) in [6, 6.07) is 18.0. The first-order valence-corrected chi connectivity index (χ1v) is 8.41. The molecular weight excluding hydrogens is 315 g/mol. The molecule has 126 valence electrons. The number of hydrogen-bond donors (Lipinski definition) is 0. The maximum Gasteiger partial charge on any atom is 0.254 e. The number of rotatable bonds is 2. The molecule has 0 fully saturated rings. The van der Waals surface area contributed by atoms with Gasteiger partial charge < -0.3 is 9.47 Å². The van der Waals surface area contributed by atoms with Gasteiger partial charge in [0.25, 0.3) is 5.91 Å². The fourth-order valence-electron chi connectivity index (χ4n) is 3.55. The molecule has 3 aromatic rings. The number of aryl methyl sites for hydroxylation is 1. The Balaban J connectivity index is 1.78. The lowest BCUT2D eigenvalue weighted by Crippen LogP contribution is -2.42. The molecule has 2 heterocycles. The molecule has 0 bridgehead atoms. The SMILES string of the molecule is Cc1cccc(C2c3cccn3CCN2C(=O)c2ccc(F)cc2)c1. The topological polar surface area (TPSA) is 25.2 Å². The van der Waals surface area contributed by atoms with Crippen molar-refractivity contribution in [1.29, 1.82) is 0 Å². The van der Waals surface area contributed by atoms with Gasteiger partial charge in [0, 0.05) is 30.5 Å². The van der Waals surface area contributed by atoms with Gasteiger partial charge in [-0.05, 0) is 48.9 Å². The Bertz CT molecular complexity index is 914. The first kappa shape index (κ1) is 15.6. The minimum atomic E-state index is -0.334. The number of halogens is 1. The third-order valence-corrected chi connectivity index (χ3v) is 4.75. The highest BCUT2D eigenvalue weighted by Crippen LogP contribution is 2.33. The zero-order valence-corrected chi connectivity index (χ0v) is 14.0. The molecule has 0 saturated heterocycles. The molecule has 4 heteroatoms. The molecule has 1 aliphatic heterocycles. The molecule has 0 N–H and O–H groups in total. The Morgan fingerprint density at radius 1 is 1.04 bits per heavy atom. The number of nitrogens with zero attached hydrogens (tertiary/aromatic N) is 2. The van der Waals surface area contributed by atoms with Gasteiger partial charge in [0.1, 0.15) is 5.82 Å². The van der Waals surface area contributed by atoms with Crippen LogP contribution in [0.4, 0.5) is 4.39 Å². The van der Waals surface area contributed by atoms with Crippen LogP contribution in [0.25, 0.3) is 0 Å². The Hall–Kier alpha value is -2.88. The van der Waals surface area contributed by atoms with E-state index in [0.29, 0.717) is 12.1 Å². The third kappa shape index (κ3) is 2.84. The van der Waals surface area contributed by atoms with Crippen LogP contribution in [0.3, 0.4) is 0 Å². The summed E-state index contributed by atoms with van der Waals surface area (Å²) in [5.41, 5.74) is 3.87. The summed E-state index contributed by atoms with van der Waals surface area (Å²) in [7, 11) is 0. The Morgan fingerprint density at radius 3 is 2.60 bits per heavy atom. The van der Waals surface area contributed by atoms with E-state index in [1.165, 1.54) is 12.1 Å². The number of carbonyl (C=O) groups is 1. The number of aromatic nitrogens is 1. The summed E-state index contributed by atoms with van der Waals surface area (Å²) < 4.78 is 15.4. The predicted molar refractivity (Wildman–Crippen MR) is 94.9 cm³/mol. The summed E-state index contributed by atoms with van der Waals surface area (Å²) in [5, 5.41) is 0. The molecular formula is C21H19FN2O. The average molecular weight is 334 g/mol. The largest absolute Gasteiger partial charge is 0.348 e. The average Bonchev–Trinajstić information content (AvgIpc) is 3.09. The number of fused-ring (bicyclic) bond motifs is 1. The lowest BCUT2D eigenvalue weighted by Gasteiger charge is -2.37. The lowest BCUT2D eigenvalue weighted by molar-refractivity contribution is 0.0664. The molecule has 1 aliphatic rings. The first-order chi connectivity index (χ1) is 12.1. The van der Waals surface area contributed by atoms with Crippen LogP contribution in [0.2, 0.25) is 0 Å². The highest BCUT2D eigenvalue weighted by molar-refractivity contribution is 5.94. The van der Waals surface area contributed by atoms with Gasteiger partial charge in [0.05, 0.1) is 6.04 Å². The standard InChI is InChI=1S/C21H19FN2O/c1-15-4-2-5-17(14-15)20-19-6-3-11-23(19)12-13-24(20)21(25)16-7-9-18(22)10-8-16/h2-11,14,20H,12-13H2,1H3. The zero-order chi connectivity index (χ0) is 17.4. The van der Waals surface area contributed by atoms with Crippen LogP contribution in [0, 0.1) is 12.7 Å². The van der Waals surface area contributed by atoms with E-state index in [1.807, 2.05) is 17.0 Å². The van der Waals surface area contributed by atoms with Crippen molar-refractivity contribution >= 4 is 5.91 Å². The van der Waals surface area contributed by atoms with Gasteiger partial charge in [-0.15, -0.1) is 0 Å². The lowest BCUT2D eigenvalue weighted by atomic mass is 9.97. The number of benzene rings is 2. The van der Waals surface area contributed by atoms with Crippen molar-refractivity contribution in [2.45, 2.75) is 19.5 Å². The maximum absolute atomic E-state index is 13.2. The maximum atomic E-state index is 13.2. The van der Waals surface area contributed by atoms with Crippen LogP contribution >= 0.6 is 0 Å². The normalized spacial score (nSPS) is 16.6. The summed E-state index contributed by atoms with van der Waals surface area (Å²) in [4.78, 5) is 15.0. The molecule has 3 nitrogen and oxygen atoms in total. The van der Waals surface area contributed by atoms with Gasteiger partial charge in [-0.2, -0.15) is 0 Å². The molecule has 1 atom stereocenters. The highest BCUT2D eigenvalue weighted by atomic mass is 19.1. The summed E-state index contributed by atoms with van der Waals surface area (Å²) >= 11 is 0. The Labute approximate surface area is 146 Å². The quantitative estimate of drug-likeness (QED) is 0.690. The second-order valence-electron chi connectivity index (χ2n) is 6.45. The molecule has 4 rings (SSSR count). The van der Waals surface area contributed by atoms with E-state index in [2.05, 4.69) is 42.0 Å². The van der Waals surface area contributed by atoms with E-state index in [-0.39, 0.29) is 17.8 Å². The molecule has 1 aromatic heterocycles. The molecule has 2 aromatic carbocycles. The van der Waals surface area contributed by atoms with Crippen molar-refractivity contribution < 1.29 is 9.18 Å². The van der Waals surface area contributed by atoms with Gasteiger partial charge in [0.15, 0.2) is 0 Å². The molecule has 1 amide bonds. The number of carbonyl (C=O) groups excluding carboxylic acids is 1. The Morgan fingerprint density at radius 2 is 1.84 bits per heavy atom. The summed E-state index contributed by atoms with van der Waals surface area (Å²) in [6.45, 7) is 3.44. The second-order valence-corrected chi connectivity index (χ2v) is 6.45. The molecule has 0 radical (unpaired) electrons. The molecule has 0 saturated carbocycles. The molecule has 0 spiro atoms. The highest BCUT2D eigenvalue weighted by Gasteiger charge is 2.32. The monoisotopic (exact) mass is 334 g/mol. The van der Waals surface area contributed by atoms with Crippen molar-refractivity contribution in [3.63, 3.8) is 0 Å². The van der Waals surface area contributed by atoms with E-state index in [0.717, 1.165) is 23.4 Å². The van der Waals surface area contributed by atoms with E-state index in [9.17, 15) is 9.18 Å². The van der Waals surface area contributed by atoms with Crippen molar-refractivity contribution in [1.82, 2.24) is 9.47 Å². The van der Waals surface area contributed by atoms with E-state index >= 15 is 0 Å². The fraction of sp³-hybridized carbons (Fsp3) is 0.190. The zero-order valence-electron chi connectivity index (χ0n) is 14.0. The van der Waals surface area contributed by atoms with Gasteiger partial charge >= 0.3 is 0 Å². The molecule has 1 unspecified atom stereocenters. The van der Waals surface area contributed by atoms with Crippen molar-refractivity contribution in [3.05, 3.63) is 95.1 Å². The first-order valence-electron chi connectivity index (χ1n) is 8.41.